The molecular formula is C17H20N4O2S. The number of hydrogen-bond acceptors (Lipinski definition) is 5. The number of hydrogen-bond donors (Lipinski definition) is 1. The zero-order valence-electron chi connectivity index (χ0n) is 13.6. The van der Waals surface area contributed by atoms with Gasteiger partial charge in [-0.3, -0.25) is 9.59 Å². The number of nitrogens with one attached hydrogen (secondary N) is 1. The number of likely N-dealkylation sites (tertiary alicyclic amines) is 1. The van der Waals surface area contributed by atoms with Gasteiger partial charge >= 0.3 is 0 Å². The third-order valence-electron chi connectivity index (χ3n) is 4.28. The molecule has 1 aliphatic heterocycles. The van der Waals surface area contributed by atoms with E-state index in [1.165, 1.54) is 16.9 Å². The Morgan fingerprint density at radius 1 is 1.25 bits per heavy atom. The Kier molecular flexibility index (Phi) is 5.20. The average Bonchev–Trinajstić information content (AvgIpc) is 3.10. The van der Waals surface area contributed by atoms with Gasteiger partial charge in [0, 0.05) is 19.0 Å². The highest BCUT2D eigenvalue weighted by atomic mass is 32.1. The van der Waals surface area contributed by atoms with E-state index in [1.54, 1.807) is 5.51 Å². The van der Waals surface area contributed by atoms with Crippen molar-refractivity contribution in [3.05, 3.63) is 40.9 Å². The van der Waals surface area contributed by atoms with Crippen LogP contribution in [0.25, 0.3) is 0 Å². The van der Waals surface area contributed by atoms with E-state index in [1.807, 2.05) is 36.1 Å². The zero-order valence-corrected chi connectivity index (χ0v) is 14.4. The minimum absolute atomic E-state index is 0.0302. The molecule has 2 heterocycles. The first kappa shape index (κ1) is 16.6. The quantitative estimate of drug-likeness (QED) is 0.923. The molecule has 0 bridgehead atoms. The van der Waals surface area contributed by atoms with Gasteiger partial charge in [-0.2, -0.15) is 0 Å². The lowest BCUT2D eigenvalue weighted by Crippen LogP contribution is -2.42. The first-order valence-electron chi connectivity index (χ1n) is 8.02. The minimum atomic E-state index is -0.0719. The second-order valence-corrected chi connectivity index (χ2v) is 6.88. The Labute approximate surface area is 144 Å². The first-order valence-corrected chi connectivity index (χ1v) is 8.90. The van der Waals surface area contributed by atoms with Gasteiger partial charge in [0.1, 0.15) is 5.51 Å². The van der Waals surface area contributed by atoms with Gasteiger partial charge in [0.15, 0.2) is 0 Å². The molecule has 0 aliphatic carbocycles. The summed E-state index contributed by atoms with van der Waals surface area (Å²) in [6.45, 7) is 3.28. The summed E-state index contributed by atoms with van der Waals surface area (Å²) in [5.74, 6) is 0.0246. The third kappa shape index (κ3) is 4.17. The maximum Gasteiger partial charge on any atom is 0.229 e. The molecule has 1 saturated heterocycles. The highest BCUT2D eigenvalue weighted by Crippen LogP contribution is 2.20. The van der Waals surface area contributed by atoms with Crippen molar-refractivity contribution in [1.29, 1.82) is 0 Å². The van der Waals surface area contributed by atoms with E-state index in [-0.39, 0.29) is 17.7 Å². The lowest BCUT2D eigenvalue weighted by molar-refractivity contribution is -0.133. The Hall–Kier alpha value is -2.28. The minimum Gasteiger partial charge on any atom is -0.342 e. The van der Waals surface area contributed by atoms with E-state index in [9.17, 15) is 9.59 Å². The van der Waals surface area contributed by atoms with E-state index >= 15 is 0 Å². The number of benzene rings is 1. The molecule has 2 amide bonds. The van der Waals surface area contributed by atoms with Crippen molar-refractivity contribution in [2.45, 2.75) is 26.2 Å². The highest BCUT2D eigenvalue weighted by molar-refractivity contribution is 7.13. The molecule has 126 valence electrons. The van der Waals surface area contributed by atoms with Gasteiger partial charge in [-0.1, -0.05) is 41.2 Å². The van der Waals surface area contributed by atoms with Crippen molar-refractivity contribution in [1.82, 2.24) is 15.1 Å². The molecule has 6 nitrogen and oxygen atoms in total. The predicted octanol–water partition coefficient (Wildman–Crippen LogP) is 2.27. The van der Waals surface area contributed by atoms with Crippen molar-refractivity contribution in [2.24, 2.45) is 5.92 Å². The summed E-state index contributed by atoms with van der Waals surface area (Å²) >= 11 is 1.30. The van der Waals surface area contributed by atoms with Crippen molar-refractivity contribution in [3.63, 3.8) is 0 Å². The lowest BCUT2D eigenvalue weighted by Gasteiger charge is -2.31. The summed E-state index contributed by atoms with van der Waals surface area (Å²) < 4.78 is 0. The van der Waals surface area contributed by atoms with Crippen LogP contribution in [0.1, 0.15) is 24.0 Å². The second kappa shape index (κ2) is 7.53. The number of anilines is 1. The number of piperidine rings is 1. The van der Waals surface area contributed by atoms with E-state index in [4.69, 9.17) is 0 Å². The van der Waals surface area contributed by atoms with Crippen LogP contribution in [0.15, 0.2) is 29.8 Å². The van der Waals surface area contributed by atoms with Crippen molar-refractivity contribution in [3.8, 4) is 0 Å². The average molecular weight is 344 g/mol. The second-order valence-electron chi connectivity index (χ2n) is 6.05. The largest absolute Gasteiger partial charge is 0.342 e. The molecule has 1 aliphatic rings. The van der Waals surface area contributed by atoms with Gasteiger partial charge in [0.05, 0.1) is 6.42 Å². The van der Waals surface area contributed by atoms with E-state index in [2.05, 4.69) is 15.5 Å². The molecule has 0 radical (unpaired) electrons. The predicted molar refractivity (Wildman–Crippen MR) is 92.7 cm³/mol. The van der Waals surface area contributed by atoms with E-state index in [0.717, 1.165) is 5.56 Å². The van der Waals surface area contributed by atoms with Crippen LogP contribution in [0.2, 0.25) is 0 Å². The fourth-order valence-electron chi connectivity index (χ4n) is 2.82. The van der Waals surface area contributed by atoms with Crippen LogP contribution in [-0.2, 0) is 16.0 Å². The molecule has 1 fully saturated rings. The highest BCUT2D eigenvalue weighted by Gasteiger charge is 2.27. The van der Waals surface area contributed by atoms with Gasteiger partial charge in [0.25, 0.3) is 0 Å². The lowest BCUT2D eigenvalue weighted by atomic mass is 9.95. The number of nitrogens with zero attached hydrogens (tertiary/aromatic N) is 3. The van der Waals surface area contributed by atoms with Crippen LogP contribution in [0.3, 0.4) is 0 Å². The van der Waals surface area contributed by atoms with Crippen LogP contribution in [-0.4, -0.2) is 40.0 Å². The number of aromatic nitrogens is 2. The molecule has 1 aromatic carbocycles. The molecule has 1 aromatic heterocycles. The van der Waals surface area contributed by atoms with Crippen LogP contribution >= 0.6 is 11.3 Å². The Balaban J connectivity index is 1.48. The molecule has 24 heavy (non-hydrogen) atoms. The van der Waals surface area contributed by atoms with Crippen LogP contribution < -0.4 is 5.32 Å². The number of carbonyl (C=O) groups excluding carboxylic acids is 2. The number of rotatable bonds is 4. The normalized spacial score (nSPS) is 15.3. The van der Waals surface area contributed by atoms with Gasteiger partial charge in [-0.15, -0.1) is 10.2 Å². The number of amides is 2. The summed E-state index contributed by atoms with van der Waals surface area (Å²) in [6.07, 6.45) is 1.79. The topological polar surface area (TPSA) is 75.2 Å². The first-order chi connectivity index (χ1) is 11.6. The van der Waals surface area contributed by atoms with Crippen molar-refractivity contribution < 1.29 is 9.59 Å². The maximum absolute atomic E-state index is 12.4. The number of aryl methyl sites for hydroxylation is 1. The molecule has 0 unspecified atom stereocenters. The standard InChI is InChI=1S/C17H20N4O2S/c1-12-2-4-13(5-3-12)10-15(22)21-8-6-14(7-9-21)16(23)19-17-20-18-11-24-17/h2-5,11,14H,6-10H2,1H3,(H,19,20,23). The Morgan fingerprint density at radius 3 is 2.58 bits per heavy atom. The smallest absolute Gasteiger partial charge is 0.229 e. The van der Waals surface area contributed by atoms with E-state index < -0.39 is 0 Å². The molecule has 2 aromatic rings. The molecule has 0 atom stereocenters. The zero-order chi connectivity index (χ0) is 16.9. The van der Waals surface area contributed by atoms with Crippen LogP contribution in [0, 0.1) is 12.8 Å². The molecule has 0 saturated carbocycles. The van der Waals surface area contributed by atoms with E-state index in [0.29, 0.717) is 37.5 Å². The summed E-state index contributed by atoms with van der Waals surface area (Å²) in [7, 11) is 0. The Morgan fingerprint density at radius 2 is 1.96 bits per heavy atom. The molecule has 3 rings (SSSR count). The summed E-state index contributed by atoms with van der Waals surface area (Å²) in [4.78, 5) is 26.4. The SMILES string of the molecule is Cc1ccc(CC(=O)N2CCC(C(=O)Nc3nncs3)CC2)cc1. The summed E-state index contributed by atoms with van der Waals surface area (Å²) in [5.41, 5.74) is 3.80. The summed E-state index contributed by atoms with van der Waals surface area (Å²) in [5, 5.41) is 10.8. The number of carbonyl (C=O) groups is 2. The van der Waals surface area contributed by atoms with Gasteiger partial charge in [-0.25, -0.2) is 0 Å². The van der Waals surface area contributed by atoms with Crippen molar-refractivity contribution >= 4 is 28.3 Å². The molecular weight excluding hydrogens is 324 g/mol. The third-order valence-corrected chi connectivity index (χ3v) is 4.89. The van der Waals surface area contributed by atoms with Crippen LogP contribution in [0.4, 0.5) is 5.13 Å². The maximum atomic E-state index is 12.4. The van der Waals surface area contributed by atoms with Gasteiger partial charge in [-0.05, 0) is 25.3 Å². The van der Waals surface area contributed by atoms with Gasteiger partial charge in [0.2, 0.25) is 16.9 Å². The Bertz CT molecular complexity index is 692. The fraction of sp³-hybridized carbons (Fsp3) is 0.412. The molecule has 1 N–H and O–H groups in total. The molecule has 7 heteroatoms. The summed E-state index contributed by atoms with van der Waals surface area (Å²) in [6, 6.07) is 8.03. The van der Waals surface area contributed by atoms with Gasteiger partial charge < -0.3 is 10.2 Å². The van der Waals surface area contributed by atoms with Crippen molar-refractivity contribution in [2.75, 3.05) is 18.4 Å². The fourth-order valence-corrected chi connectivity index (χ4v) is 3.27. The molecule has 0 spiro atoms. The van der Waals surface area contributed by atoms with Crippen LogP contribution in [0.5, 0.6) is 0 Å². The monoisotopic (exact) mass is 344 g/mol.